The number of rotatable bonds is 5. The predicted molar refractivity (Wildman–Crippen MR) is 89.6 cm³/mol. The zero-order valence-electron chi connectivity index (χ0n) is 12.6. The van der Waals surface area contributed by atoms with Crippen molar-refractivity contribution in [3.05, 3.63) is 34.6 Å². The number of aromatic nitrogens is 2. The monoisotopic (exact) mass is 350 g/mol. The number of nitrogens with one attached hydrogen (secondary N) is 2. The molecule has 2 aromatic rings. The molecule has 1 heterocycles. The average molecular weight is 351 g/mol. The van der Waals surface area contributed by atoms with Crippen LogP contribution >= 0.6 is 15.9 Å². The second kappa shape index (κ2) is 6.76. The number of hydrogen-bond acceptors (Lipinski definition) is 5. The number of halogens is 1. The topological polar surface area (TPSA) is 59.1 Å². The van der Waals surface area contributed by atoms with Gasteiger partial charge in [0.15, 0.2) is 0 Å². The highest BCUT2D eigenvalue weighted by Gasteiger charge is 2.09. The molecule has 0 saturated carbocycles. The van der Waals surface area contributed by atoms with Crippen molar-refractivity contribution >= 4 is 33.3 Å². The number of benzene rings is 1. The molecule has 1 aromatic heterocycles. The number of nitrogens with zero attached hydrogens (tertiary/aromatic N) is 2. The van der Waals surface area contributed by atoms with Crippen LogP contribution in [0.25, 0.3) is 0 Å². The minimum absolute atomic E-state index is 0.257. The van der Waals surface area contributed by atoms with E-state index in [-0.39, 0.29) is 5.92 Å². The van der Waals surface area contributed by atoms with Crippen LogP contribution in [-0.2, 0) is 0 Å². The van der Waals surface area contributed by atoms with Crippen LogP contribution in [0, 0.1) is 0 Å². The second-order valence-electron chi connectivity index (χ2n) is 4.87. The first-order valence-electron chi connectivity index (χ1n) is 6.70. The van der Waals surface area contributed by atoms with E-state index in [1.165, 1.54) is 0 Å². The Balaban J connectivity index is 2.36. The summed E-state index contributed by atoms with van der Waals surface area (Å²) in [5.74, 6) is 3.37. The van der Waals surface area contributed by atoms with Gasteiger partial charge in [-0.15, -0.1) is 0 Å². The highest BCUT2D eigenvalue weighted by Crippen LogP contribution is 2.30. The Morgan fingerprint density at radius 1 is 1.14 bits per heavy atom. The average Bonchev–Trinajstić information content (AvgIpc) is 2.49. The largest absolute Gasteiger partial charge is 0.497 e. The van der Waals surface area contributed by atoms with E-state index in [0.29, 0.717) is 0 Å². The van der Waals surface area contributed by atoms with E-state index in [2.05, 4.69) is 50.4 Å². The van der Waals surface area contributed by atoms with Crippen molar-refractivity contribution in [1.82, 2.24) is 9.97 Å². The third-order valence-corrected chi connectivity index (χ3v) is 3.64. The van der Waals surface area contributed by atoms with Crippen LogP contribution < -0.4 is 15.4 Å². The second-order valence-corrected chi connectivity index (χ2v) is 5.73. The van der Waals surface area contributed by atoms with Crippen molar-refractivity contribution in [2.45, 2.75) is 19.8 Å². The van der Waals surface area contributed by atoms with Crippen LogP contribution in [0.3, 0.4) is 0 Å². The lowest BCUT2D eigenvalue weighted by Gasteiger charge is -2.13. The van der Waals surface area contributed by atoms with E-state index in [0.717, 1.165) is 33.4 Å². The highest BCUT2D eigenvalue weighted by atomic mass is 79.9. The minimum atomic E-state index is 0.257. The summed E-state index contributed by atoms with van der Waals surface area (Å²) in [4.78, 5) is 9.00. The third-order valence-electron chi connectivity index (χ3n) is 2.95. The molecule has 1 aromatic carbocycles. The van der Waals surface area contributed by atoms with Gasteiger partial charge in [0.25, 0.3) is 0 Å². The smallest absolute Gasteiger partial charge is 0.136 e. The van der Waals surface area contributed by atoms with E-state index in [9.17, 15) is 0 Å². The SMILES string of the molecule is CNc1cc(Nc2cc(OC)ccc2Br)nc(C(C)C)n1. The molecule has 0 unspecified atom stereocenters. The highest BCUT2D eigenvalue weighted by molar-refractivity contribution is 9.10. The minimum Gasteiger partial charge on any atom is -0.497 e. The molecule has 0 saturated heterocycles. The van der Waals surface area contributed by atoms with Gasteiger partial charge in [-0.05, 0) is 28.1 Å². The third kappa shape index (κ3) is 3.85. The maximum Gasteiger partial charge on any atom is 0.136 e. The molecule has 5 nitrogen and oxygen atoms in total. The van der Waals surface area contributed by atoms with Crippen molar-refractivity contribution in [3.8, 4) is 5.75 Å². The number of hydrogen-bond donors (Lipinski definition) is 2. The zero-order chi connectivity index (χ0) is 15.4. The summed E-state index contributed by atoms with van der Waals surface area (Å²) in [5.41, 5.74) is 0.893. The molecule has 112 valence electrons. The van der Waals surface area contributed by atoms with Crippen molar-refractivity contribution in [2.75, 3.05) is 24.8 Å². The number of ether oxygens (including phenoxy) is 1. The van der Waals surface area contributed by atoms with Gasteiger partial charge >= 0.3 is 0 Å². The fraction of sp³-hybridized carbons (Fsp3) is 0.333. The van der Waals surface area contributed by atoms with Crippen LogP contribution in [-0.4, -0.2) is 24.1 Å². The maximum atomic E-state index is 5.25. The molecule has 0 bridgehead atoms. The van der Waals surface area contributed by atoms with Crippen molar-refractivity contribution in [1.29, 1.82) is 0 Å². The maximum absolute atomic E-state index is 5.25. The molecule has 0 atom stereocenters. The van der Waals surface area contributed by atoms with Crippen LogP contribution in [0.15, 0.2) is 28.7 Å². The molecule has 0 aliphatic heterocycles. The Labute approximate surface area is 133 Å². The van der Waals surface area contributed by atoms with Gasteiger partial charge in [-0.1, -0.05) is 13.8 Å². The van der Waals surface area contributed by atoms with Gasteiger partial charge in [0.1, 0.15) is 23.2 Å². The summed E-state index contributed by atoms with van der Waals surface area (Å²) in [5, 5.41) is 6.36. The lowest BCUT2D eigenvalue weighted by atomic mass is 10.2. The number of anilines is 3. The molecule has 0 spiro atoms. The van der Waals surface area contributed by atoms with E-state index in [4.69, 9.17) is 4.74 Å². The van der Waals surface area contributed by atoms with Crippen LogP contribution in [0.4, 0.5) is 17.3 Å². The molecule has 0 amide bonds. The normalized spacial score (nSPS) is 10.6. The summed E-state index contributed by atoms with van der Waals surface area (Å²) < 4.78 is 6.19. The van der Waals surface area contributed by atoms with Crippen LogP contribution in [0.5, 0.6) is 5.75 Å². The first-order chi connectivity index (χ1) is 10.0. The van der Waals surface area contributed by atoms with Gasteiger partial charge < -0.3 is 15.4 Å². The van der Waals surface area contributed by atoms with Crippen molar-refractivity contribution < 1.29 is 4.74 Å². The molecule has 2 rings (SSSR count). The van der Waals surface area contributed by atoms with Gasteiger partial charge in [-0.2, -0.15) is 0 Å². The molecule has 0 radical (unpaired) electrons. The molecule has 0 aliphatic carbocycles. The molecular weight excluding hydrogens is 332 g/mol. The van der Waals surface area contributed by atoms with Gasteiger partial charge in [0, 0.05) is 29.6 Å². The Kier molecular flexibility index (Phi) is 5.01. The van der Waals surface area contributed by atoms with Gasteiger partial charge in [0.2, 0.25) is 0 Å². The fourth-order valence-electron chi connectivity index (χ4n) is 1.78. The van der Waals surface area contributed by atoms with Gasteiger partial charge in [-0.3, -0.25) is 0 Å². The molecular formula is C15H19BrN4O. The van der Waals surface area contributed by atoms with Crippen LogP contribution in [0.2, 0.25) is 0 Å². The Morgan fingerprint density at radius 3 is 2.48 bits per heavy atom. The summed E-state index contributed by atoms with van der Waals surface area (Å²) in [6.45, 7) is 4.14. The van der Waals surface area contributed by atoms with Crippen LogP contribution in [0.1, 0.15) is 25.6 Å². The molecule has 2 N–H and O–H groups in total. The van der Waals surface area contributed by atoms with Gasteiger partial charge in [-0.25, -0.2) is 9.97 Å². The summed E-state index contributed by atoms with van der Waals surface area (Å²) in [6, 6.07) is 7.62. The number of methoxy groups -OCH3 is 1. The van der Waals surface area contributed by atoms with Crippen molar-refractivity contribution in [2.24, 2.45) is 0 Å². The molecule has 21 heavy (non-hydrogen) atoms. The quantitative estimate of drug-likeness (QED) is 0.847. The first kappa shape index (κ1) is 15.6. The summed E-state index contributed by atoms with van der Waals surface area (Å²) >= 11 is 3.52. The summed E-state index contributed by atoms with van der Waals surface area (Å²) in [6.07, 6.45) is 0. The van der Waals surface area contributed by atoms with E-state index < -0.39 is 0 Å². The molecule has 0 fully saturated rings. The Bertz CT molecular complexity index is 631. The van der Waals surface area contributed by atoms with E-state index in [1.807, 2.05) is 31.3 Å². The fourth-order valence-corrected chi connectivity index (χ4v) is 2.13. The lowest BCUT2D eigenvalue weighted by Crippen LogP contribution is -2.05. The lowest BCUT2D eigenvalue weighted by molar-refractivity contribution is 0.415. The van der Waals surface area contributed by atoms with E-state index in [1.54, 1.807) is 7.11 Å². The molecule has 0 aliphatic rings. The predicted octanol–water partition coefficient (Wildman–Crippen LogP) is 4.16. The van der Waals surface area contributed by atoms with E-state index >= 15 is 0 Å². The summed E-state index contributed by atoms with van der Waals surface area (Å²) in [7, 11) is 3.49. The Hall–Kier alpha value is -1.82. The standard InChI is InChI=1S/C15H19BrN4O/c1-9(2)15-19-13(17-3)8-14(20-15)18-12-7-10(21-4)5-6-11(12)16/h5-9H,1-4H3,(H2,17,18,19,20). The Morgan fingerprint density at radius 2 is 1.86 bits per heavy atom. The first-order valence-corrected chi connectivity index (χ1v) is 7.50. The van der Waals surface area contributed by atoms with Crippen molar-refractivity contribution in [3.63, 3.8) is 0 Å². The van der Waals surface area contributed by atoms with Gasteiger partial charge in [0.05, 0.1) is 12.8 Å². The molecule has 6 heteroatoms. The zero-order valence-corrected chi connectivity index (χ0v) is 14.2.